The van der Waals surface area contributed by atoms with Crippen molar-refractivity contribution in [3.05, 3.63) is 30.1 Å². The number of hydrogen-bond acceptors (Lipinski definition) is 4. The van der Waals surface area contributed by atoms with E-state index in [2.05, 4.69) is 4.98 Å². The molecular weight excluding hydrogens is 293 g/mol. The van der Waals surface area contributed by atoms with Crippen LogP contribution in [0.25, 0.3) is 0 Å². The smallest absolute Gasteiger partial charge is 0.314 e. The Bertz CT molecular complexity index is 604. The van der Waals surface area contributed by atoms with E-state index in [1.807, 2.05) is 0 Å². The molecule has 0 radical (unpaired) electrons. The molecule has 112 valence electrons. The summed E-state index contributed by atoms with van der Waals surface area (Å²) < 4.78 is 39.6. The average Bonchev–Trinajstić information content (AvgIpc) is 2.64. The van der Waals surface area contributed by atoms with Crippen LogP contribution in [0.5, 0.6) is 0 Å². The fourth-order valence-corrected chi connectivity index (χ4v) is 1.73. The number of imide groups is 1. The molecule has 0 aliphatic carbocycles. The second-order valence-corrected chi connectivity index (χ2v) is 4.24. The molecule has 1 saturated heterocycles. The molecule has 21 heavy (non-hydrogen) atoms. The van der Waals surface area contributed by atoms with Crippen molar-refractivity contribution in [2.45, 2.75) is 11.8 Å². The van der Waals surface area contributed by atoms with Gasteiger partial charge in [0.25, 0.3) is 17.5 Å². The van der Waals surface area contributed by atoms with Crippen molar-refractivity contribution in [2.24, 2.45) is 0 Å². The summed E-state index contributed by atoms with van der Waals surface area (Å²) in [6.45, 7) is 0. The van der Waals surface area contributed by atoms with E-state index in [-0.39, 0.29) is 10.5 Å². The summed E-state index contributed by atoms with van der Waals surface area (Å²) in [7, 11) is 0.876. The zero-order valence-corrected chi connectivity index (χ0v) is 10.6. The summed E-state index contributed by atoms with van der Waals surface area (Å²) in [5.41, 5.74) is -3.66. The Morgan fingerprint density at radius 3 is 2.52 bits per heavy atom. The van der Waals surface area contributed by atoms with Gasteiger partial charge in [-0.1, -0.05) is 0 Å². The van der Waals surface area contributed by atoms with Crippen LogP contribution in [0.1, 0.15) is 10.4 Å². The first-order valence-electron chi connectivity index (χ1n) is 5.58. The number of nitrogens with one attached hydrogen (secondary N) is 2. The molecule has 0 spiro atoms. The van der Waals surface area contributed by atoms with Gasteiger partial charge in [0.2, 0.25) is 0 Å². The maximum Gasteiger partial charge on any atom is 0.440 e. The van der Waals surface area contributed by atoms with Crippen molar-refractivity contribution in [1.82, 2.24) is 20.5 Å². The predicted molar refractivity (Wildman–Crippen MR) is 61.8 cm³/mol. The standard InChI is InChI=1S/C11H9F3N4O3/c1-18-8(20)10(11(12,13)14,17-9(18)21)16-7(19)6-3-2-4-15-5-6/h2-5H,1H3,(H,16,19)(H,17,21). The lowest BCUT2D eigenvalue weighted by Crippen LogP contribution is -2.69. The molecular formula is C11H9F3N4O3. The van der Waals surface area contributed by atoms with Crippen LogP contribution in [0.4, 0.5) is 18.0 Å². The third-order valence-corrected chi connectivity index (χ3v) is 2.87. The highest BCUT2D eigenvalue weighted by Crippen LogP contribution is 2.33. The number of carbonyl (C=O) groups is 3. The quantitative estimate of drug-likeness (QED) is 0.766. The number of aromatic nitrogens is 1. The fourth-order valence-electron chi connectivity index (χ4n) is 1.73. The average molecular weight is 302 g/mol. The number of amides is 4. The number of hydrogen-bond donors (Lipinski definition) is 2. The molecule has 1 atom stereocenters. The first kappa shape index (κ1) is 14.8. The van der Waals surface area contributed by atoms with Gasteiger partial charge in [0.05, 0.1) is 5.56 Å². The number of alkyl halides is 3. The minimum Gasteiger partial charge on any atom is -0.314 e. The Kier molecular flexibility index (Phi) is 3.32. The summed E-state index contributed by atoms with van der Waals surface area (Å²) in [4.78, 5) is 38.7. The zero-order valence-electron chi connectivity index (χ0n) is 10.6. The Hall–Kier alpha value is -2.65. The van der Waals surface area contributed by atoms with Crippen molar-refractivity contribution in [3.8, 4) is 0 Å². The number of pyridine rings is 1. The number of nitrogens with zero attached hydrogens (tertiary/aromatic N) is 2. The summed E-state index contributed by atoms with van der Waals surface area (Å²) in [5, 5.41) is 3.00. The largest absolute Gasteiger partial charge is 0.440 e. The molecule has 0 bridgehead atoms. The van der Waals surface area contributed by atoms with E-state index in [1.165, 1.54) is 29.0 Å². The number of likely N-dealkylation sites (N-methyl/N-ethyl adjacent to an activating group) is 1. The van der Waals surface area contributed by atoms with Gasteiger partial charge < -0.3 is 5.32 Å². The van der Waals surface area contributed by atoms with Crippen molar-refractivity contribution in [3.63, 3.8) is 0 Å². The second-order valence-electron chi connectivity index (χ2n) is 4.24. The third-order valence-electron chi connectivity index (χ3n) is 2.87. The van der Waals surface area contributed by atoms with Crippen LogP contribution < -0.4 is 10.6 Å². The van der Waals surface area contributed by atoms with Crippen molar-refractivity contribution in [2.75, 3.05) is 7.05 Å². The molecule has 1 aliphatic rings. The van der Waals surface area contributed by atoms with Crippen LogP contribution in [0.2, 0.25) is 0 Å². The molecule has 1 fully saturated rings. The van der Waals surface area contributed by atoms with Gasteiger partial charge in [0.15, 0.2) is 0 Å². The predicted octanol–water partition coefficient (Wildman–Crippen LogP) is 0.252. The Labute approximate surface area is 116 Å². The summed E-state index contributed by atoms with van der Waals surface area (Å²) in [6.07, 6.45) is -2.85. The first-order valence-corrected chi connectivity index (χ1v) is 5.58. The van der Waals surface area contributed by atoms with Gasteiger partial charge in [-0.15, -0.1) is 0 Å². The van der Waals surface area contributed by atoms with Crippen LogP contribution in [-0.4, -0.2) is 46.6 Å². The molecule has 1 unspecified atom stereocenters. The molecule has 2 N–H and O–H groups in total. The van der Waals surface area contributed by atoms with E-state index in [1.54, 1.807) is 0 Å². The minimum absolute atomic E-state index is 0.183. The Morgan fingerprint density at radius 1 is 1.43 bits per heavy atom. The van der Waals surface area contributed by atoms with Crippen LogP contribution in [0, 0.1) is 0 Å². The first-order chi connectivity index (χ1) is 9.69. The number of urea groups is 1. The van der Waals surface area contributed by atoms with Crippen LogP contribution in [-0.2, 0) is 4.79 Å². The summed E-state index contributed by atoms with van der Waals surface area (Å²) in [5.74, 6) is -2.80. The highest BCUT2D eigenvalue weighted by molar-refractivity contribution is 6.10. The highest BCUT2D eigenvalue weighted by Gasteiger charge is 2.68. The molecule has 4 amide bonds. The van der Waals surface area contributed by atoms with Gasteiger partial charge in [-0.3, -0.25) is 24.8 Å². The lowest BCUT2D eigenvalue weighted by atomic mass is 10.1. The molecule has 7 nitrogen and oxygen atoms in total. The van der Waals surface area contributed by atoms with Crippen LogP contribution in [0.3, 0.4) is 0 Å². The maximum atomic E-state index is 13.2. The molecule has 2 rings (SSSR count). The topological polar surface area (TPSA) is 91.4 Å². The molecule has 1 aromatic rings. The van der Waals surface area contributed by atoms with Gasteiger partial charge in [0.1, 0.15) is 0 Å². The van der Waals surface area contributed by atoms with E-state index in [9.17, 15) is 27.6 Å². The third kappa shape index (κ3) is 2.28. The number of rotatable bonds is 2. The SMILES string of the molecule is CN1C(=O)NC(NC(=O)c2cccnc2)(C(F)(F)F)C1=O. The van der Waals surface area contributed by atoms with Gasteiger partial charge in [-0.05, 0) is 12.1 Å². The molecule has 0 saturated carbocycles. The number of halogens is 3. The monoisotopic (exact) mass is 302 g/mol. The molecule has 2 heterocycles. The Balaban J connectivity index is 2.38. The van der Waals surface area contributed by atoms with Gasteiger partial charge in [-0.2, -0.15) is 13.2 Å². The van der Waals surface area contributed by atoms with E-state index < -0.39 is 29.7 Å². The van der Waals surface area contributed by atoms with Crippen molar-refractivity contribution in [1.29, 1.82) is 0 Å². The van der Waals surface area contributed by atoms with E-state index >= 15 is 0 Å². The molecule has 1 aliphatic heterocycles. The van der Waals surface area contributed by atoms with E-state index in [4.69, 9.17) is 0 Å². The summed E-state index contributed by atoms with van der Waals surface area (Å²) >= 11 is 0. The fraction of sp³-hybridized carbons (Fsp3) is 0.273. The normalized spacial score (nSPS) is 22.2. The molecule has 0 aromatic carbocycles. The minimum atomic E-state index is -5.21. The summed E-state index contributed by atoms with van der Waals surface area (Å²) in [6, 6.07) is 1.30. The molecule has 10 heteroatoms. The van der Waals surface area contributed by atoms with Crippen LogP contribution in [0.15, 0.2) is 24.5 Å². The van der Waals surface area contributed by atoms with E-state index in [0.29, 0.717) is 0 Å². The zero-order chi connectivity index (χ0) is 15.8. The second kappa shape index (κ2) is 4.72. The van der Waals surface area contributed by atoms with Crippen molar-refractivity contribution < 1.29 is 27.6 Å². The Morgan fingerprint density at radius 2 is 2.10 bits per heavy atom. The van der Waals surface area contributed by atoms with Gasteiger partial charge in [-0.25, -0.2) is 4.79 Å². The lowest BCUT2D eigenvalue weighted by Gasteiger charge is -2.29. The highest BCUT2D eigenvalue weighted by atomic mass is 19.4. The van der Waals surface area contributed by atoms with Crippen LogP contribution >= 0.6 is 0 Å². The van der Waals surface area contributed by atoms with Crippen molar-refractivity contribution >= 4 is 17.8 Å². The molecule has 1 aromatic heterocycles. The van der Waals surface area contributed by atoms with E-state index in [0.717, 1.165) is 13.2 Å². The maximum absolute atomic E-state index is 13.2. The lowest BCUT2D eigenvalue weighted by molar-refractivity contribution is -0.199. The van der Waals surface area contributed by atoms with Gasteiger partial charge >= 0.3 is 12.2 Å². The number of carbonyl (C=O) groups excluding carboxylic acids is 3. The van der Waals surface area contributed by atoms with Gasteiger partial charge in [0, 0.05) is 19.4 Å².